The summed E-state index contributed by atoms with van der Waals surface area (Å²) in [5.74, 6) is -0.250. The summed E-state index contributed by atoms with van der Waals surface area (Å²) in [6, 6.07) is 16.5. The minimum Gasteiger partial charge on any atom is -0.508 e. The summed E-state index contributed by atoms with van der Waals surface area (Å²) < 4.78 is 11.2. The molecule has 182 valence electrons. The molecule has 1 fully saturated rings. The topological polar surface area (TPSA) is 118 Å². The van der Waals surface area contributed by atoms with E-state index in [0.717, 1.165) is 5.56 Å². The average molecular weight is 477 g/mol. The van der Waals surface area contributed by atoms with Crippen LogP contribution < -0.4 is 10.6 Å². The maximum Gasteiger partial charge on any atom is 0.255 e. The van der Waals surface area contributed by atoms with Gasteiger partial charge in [-0.3, -0.25) is 14.4 Å². The smallest absolute Gasteiger partial charge is 0.255 e. The highest BCUT2D eigenvalue weighted by molar-refractivity contribution is 6.01. The van der Waals surface area contributed by atoms with Gasteiger partial charge >= 0.3 is 0 Å². The molecule has 1 aliphatic heterocycles. The fourth-order valence-corrected chi connectivity index (χ4v) is 4.07. The van der Waals surface area contributed by atoms with Crippen LogP contribution in [0.5, 0.6) is 5.75 Å². The number of phenols is 1. The number of furan rings is 1. The Hall–Kier alpha value is -3.91. The molecule has 1 saturated heterocycles. The SMILES string of the molecule is Cc1oc(-c2ccccc2)cc1C(=O)NC(Cc1cccc(O)c1)C(=O)NC1(C)C(=O)COC1C. The van der Waals surface area contributed by atoms with Crippen LogP contribution >= 0.6 is 0 Å². The van der Waals surface area contributed by atoms with E-state index in [4.69, 9.17) is 9.15 Å². The number of carbonyl (C=O) groups is 3. The van der Waals surface area contributed by atoms with E-state index in [9.17, 15) is 19.5 Å². The van der Waals surface area contributed by atoms with Crippen LogP contribution in [0, 0.1) is 6.92 Å². The number of aryl methyl sites for hydroxylation is 1. The zero-order valence-electron chi connectivity index (χ0n) is 19.8. The van der Waals surface area contributed by atoms with Crippen molar-refractivity contribution in [2.24, 2.45) is 0 Å². The number of hydrogen-bond donors (Lipinski definition) is 3. The minimum absolute atomic E-state index is 0.0473. The van der Waals surface area contributed by atoms with Gasteiger partial charge in [0.05, 0.1) is 11.7 Å². The second kappa shape index (κ2) is 9.76. The van der Waals surface area contributed by atoms with Crippen molar-refractivity contribution in [3.63, 3.8) is 0 Å². The largest absolute Gasteiger partial charge is 0.508 e. The molecule has 2 amide bonds. The fraction of sp³-hybridized carbons (Fsp3) is 0.296. The van der Waals surface area contributed by atoms with Crippen LogP contribution in [0.25, 0.3) is 11.3 Å². The van der Waals surface area contributed by atoms with Crippen molar-refractivity contribution in [1.82, 2.24) is 10.6 Å². The van der Waals surface area contributed by atoms with Crippen molar-refractivity contribution < 1.29 is 28.6 Å². The Labute approximate surface area is 203 Å². The molecule has 0 saturated carbocycles. The van der Waals surface area contributed by atoms with Crippen LogP contribution in [0.4, 0.5) is 0 Å². The Bertz CT molecular complexity index is 1250. The molecule has 3 atom stereocenters. The Morgan fingerprint density at radius 3 is 2.54 bits per heavy atom. The van der Waals surface area contributed by atoms with Gasteiger partial charge < -0.3 is 24.9 Å². The van der Waals surface area contributed by atoms with Gasteiger partial charge in [0.1, 0.15) is 35.5 Å². The van der Waals surface area contributed by atoms with Gasteiger partial charge in [0, 0.05) is 12.0 Å². The predicted octanol–water partition coefficient (Wildman–Crippen LogP) is 3.16. The lowest BCUT2D eigenvalue weighted by Gasteiger charge is -2.29. The molecule has 8 heteroatoms. The number of rotatable bonds is 7. The zero-order valence-corrected chi connectivity index (χ0v) is 19.8. The van der Waals surface area contributed by atoms with Gasteiger partial charge in [0.15, 0.2) is 5.78 Å². The van der Waals surface area contributed by atoms with Crippen LogP contribution in [0.15, 0.2) is 65.1 Å². The van der Waals surface area contributed by atoms with Gasteiger partial charge in [-0.05, 0) is 44.5 Å². The van der Waals surface area contributed by atoms with E-state index in [0.29, 0.717) is 22.6 Å². The van der Waals surface area contributed by atoms with Gasteiger partial charge in [-0.25, -0.2) is 0 Å². The van der Waals surface area contributed by atoms with Crippen molar-refractivity contribution in [2.75, 3.05) is 6.61 Å². The van der Waals surface area contributed by atoms with Gasteiger partial charge in [-0.2, -0.15) is 0 Å². The Balaban J connectivity index is 1.59. The van der Waals surface area contributed by atoms with Crippen molar-refractivity contribution in [2.45, 2.75) is 44.9 Å². The number of hydrogen-bond acceptors (Lipinski definition) is 6. The number of amides is 2. The van der Waals surface area contributed by atoms with E-state index in [1.165, 1.54) is 12.1 Å². The van der Waals surface area contributed by atoms with E-state index in [-0.39, 0.29) is 24.6 Å². The lowest BCUT2D eigenvalue weighted by molar-refractivity contribution is -0.130. The van der Waals surface area contributed by atoms with Gasteiger partial charge in [-0.1, -0.05) is 42.5 Å². The first-order valence-electron chi connectivity index (χ1n) is 11.4. The Morgan fingerprint density at radius 1 is 1.14 bits per heavy atom. The summed E-state index contributed by atoms with van der Waals surface area (Å²) in [7, 11) is 0. The number of benzene rings is 2. The quantitative estimate of drug-likeness (QED) is 0.482. The van der Waals surface area contributed by atoms with E-state index < -0.39 is 29.5 Å². The maximum atomic E-state index is 13.3. The lowest BCUT2D eigenvalue weighted by Crippen LogP contribution is -2.60. The molecule has 1 aliphatic rings. The molecule has 2 heterocycles. The van der Waals surface area contributed by atoms with Crippen LogP contribution in [0.3, 0.4) is 0 Å². The van der Waals surface area contributed by atoms with Gasteiger partial charge in [-0.15, -0.1) is 0 Å². The van der Waals surface area contributed by atoms with E-state index in [2.05, 4.69) is 10.6 Å². The van der Waals surface area contributed by atoms with Crippen molar-refractivity contribution >= 4 is 17.6 Å². The molecule has 3 unspecified atom stereocenters. The van der Waals surface area contributed by atoms with Crippen LogP contribution in [-0.2, 0) is 20.7 Å². The van der Waals surface area contributed by atoms with Crippen LogP contribution in [0.1, 0.15) is 35.5 Å². The lowest BCUT2D eigenvalue weighted by atomic mass is 9.92. The fourth-order valence-electron chi connectivity index (χ4n) is 4.07. The summed E-state index contributed by atoms with van der Waals surface area (Å²) >= 11 is 0. The number of phenolic OH excluding ortho intramolecular Hbond substituents is 1. The molecule has 2 aromatic carbocycles. The summed E-state index contributed by atoms with van der Waals surface area (Å²) in [6.07, 6.45) is -0.408. The maximum absolute atomic E-state index is 13.3. The highest BCUT2D eigenvalue weighted by Crippen LogP contribution is 2.26. The first-order valence-corrected chi connectivity index (χ1v) is 11.4. The molecule has 0 spiro atoms. The van der Waals surface area contributed by atoms with Crippen molar-refractivity contribution in [3.8, 4) is 17.1 Å². The van der Waals surface area contributed by atoms with Gasteiger partial charge in [0.2, 0.25) is 5.91 Å². The summed E-state index contributed by atoms with van der Waals surface area (Å²) in [5.41, 5.74) is 0.569. The second-order valence-electron chi connectivity index (χ2n) is 8.91. The summed E-state index contributed by atoms with van der Waals surface area (Å²) in [4.78, 5) is 39.0. The number of ketones is 1. The molecule has 8 nitrogen and oxygen atoms in total. The second-order valence-corrected chi connectivity index (χ2v) is 8.91. The highest BCUT2D eigenvalue weighted by Gasteiger charge is 2.47. The molecular weight excluding hydrogens is 448 g/mol. The third-order valence-electron chi connectivity index (χ3n) is 6.43. The molecule has 35 heavy (non-hydrogen) atoms. The molecular formula is C27H28N2O6. The monoisotopic (exact) mass is 476 g/mol. The first kappa shape index (κ1) is 24.2. The number of nitrogens with one attached hydrogen (secondary N) is 2. The standard InChI is InChI=1S/C27H28N2O6/c1-16-21(14-23(35-16)19-9-5-4-6-10-19)25(32)28-22(13-18-8-7-11-20(30)12-18)26(33)29-27(3)17(2)34-15-24(27)31/h4-12,14,17,22,30H,13,15H2,1-3H3,(H,28,32)(H,29,33). The number of aromatic hydroxyl groups is 1. The Kier molecular flexibility index (Phi) is 6.75. The number of carbonyl (C=O) groups excluding carboxylic acids is 3. The van der Waals surface area contributed by atoms with Crippen LogP contribution in [0.2, 0.25) is 0 Å². The molecule has 0 bridgehead atoms. The van der Waals surface area contributed by atoms with Crippen molar-refractivity contribution in [3.05, 3.63) is 77.6 Å². The third kappa shape index (κ3) is 5.12. The average Bonchev–Trinajstić information content (AvgIpc) is 3.34. The predicted molar refractivity (Wildman–Crippen MR) is 129 cm³/mol. The molecule has 3 N–H and O–H groups in total. The normalized spacial score (nSPS) is 20.4. The Morgan fingerprint density at radius 2 is 1.89 bits per heavy atom. The van der Waals surface area contributed by atoms with Gasteiger partial charge in [0.25, 0.3) is 5.91 Å². The van der Waals surface area contributed by atoms with E-state index in [1.807, 2.05) is 30.3 Å². The first-order chi connectivity index (χ1) is 16.7. The summed E-state index contributed by atoms with van der Waals surface area (Å²) in [5, 5.41) is 15.4. The van der Waals surface area contributed by atoms with E-state index >= 15 is 0 Å². The minimum atomic E-state index is -1.20. The molecule has 1 aromatic heterocycles. The van der Waals surface area contributed by atoms with Crippen molar-refractivity contribution in [1.29, 1.82) is 0 Å². The number of Topliss-reactive ketones (excluding diaryl/α,β-unsaturated/α-hetero) is 1. The summed E-state index contributed by atoms with van der Waals surface area (Å²) in [6.45, 7) is 4.93. The zero-order chi connectivity index (χ0) is 25.2. The third-order valence-corrected chi connectivity index (χ3v) is 6.43. The van der Waals surface area contributed by atoms with E-state index in [1.54, 1.807) is 39.0 Å². The molecule has 3 aromatic rings. The molecule has 0 aliphatic carbocycles. The number of ether oxygens (including phenoxy) is 1. The highest BCUT2D eigenvalue weighted by atomic mass is 16.5. The molecule has 0 radical (unpaired) electrons. The van der Waals surface area contributed by atoms with Crippen LogP contribution in [-0.4, -0.2) is 47.0 Å². The molecule has 4 rings (SSSR count).